The lowest BCUT2D eigenvalue weighted by atomic mass is 10.2. The molecule has 0 spiro atoms. The van der Waals surface area contributed by atoms with E-state index in [4.69, 9.17) is 5.11 Å². The van der Waals surface area contributed by atoms with Gasteiger partial charge < -0.3 is 14.7 Å². The van der Waals surface area contributed by atoms with Crippen molar-refractivity contribution in [3.63, 3.8) is 0 Å². The largest absolute Gasteiger partial charge is 0.396 e. The fraction of sp³-hybridized carbons (Fsp3) is 0.333. The van der Waals surface area contributed by atoms with Gasteiger partial charge in [0.2, 0.25) is 0 Å². The smallest absolute Gasteiger partial charge is 0.316 e. The van der Waals surface area contributed by atoms with Crippen LogP contribution in [0.25, 0.3) is 11.0 Å². The molecule has 0 aliphatic rings. The van der Waals surface area contributed by atoms with Gasteiger partial charge in [-0.05, 0) is 31.0 Å². The quantitative estimate of drug-likeness (QED) is 0.754. The SMILES string of the molecule is Cc1ccc2[nH]c(=O)c(=O)n(CCCO)c2c1. The Morgan fingerprint density at radius 3 is 2.82 bits per heavy atom. The second-order valence-electron chi connectivity index (χ2n) is 4.01. The summed E-state index contributed by atoms with van der Waals surface area (Å²) in [5.74, 6) is 0. The second-order valence-corrected chi connectivity index (χ2v) is 4.01. The van der Waals surface area contributed by atoms with Crippen LogP contribution < -0.4 is 11.1 Å². The highest BCUT2D eigenvalue weighted by atomic mass is 16.3. The van der Waals surface area contributed by atoms with E-state index in [0.29, 0.717) is 24.0 Å². The topological polar surface area (TPSA) is 75.1 Å². The molecule has 1 heterocycles. The van der Waals surface area contributed by atoms with Gasteiger partial charge in [-0.3, -0.25) is 9.59 Å². The molecule has 1 aromatic carbocycles. The van der Waals surface area contributed by atoms with Gasteiger partial charge in [-0.15, -0.1) is 0 Å². The summed E-state index contributed by atoms with van der Waals surface area (Å²) in [7, 11) is 0. The van der Waals surface area contributed by atoms with Crippen molar-refractivity contribution in [1.29, 1.82) is 0 Å². The van der Waals surface area contributed by atoms with Crippen LogP contribution in [0.2, 0.25) is 0 Å². The standard InChI is InChI=1S/C12H14N2O3/c1-8-3-4-9-10(7-8)14(5-2-6-15)12(17)11(16)13-9/h3-4,7,15H,2,5-6H2,1H3,(H,13,16). The van der Waals surface area contributed by atoms with Crippen LogP contribution in [0.5, 0.6) is 0 Å². The fourth-order valence-electron chi connectivity index (χ4n) is 1.83. The first-order valence-corrected chi connectivity index (χ1v) is 5.48. The minimum atomic E-state index is -0.626. The Balaban J connectivity index is 2.75. The van der Waals surface area contributed by atoms with Crippen LogP contribution in [0, 0.1) is 6.92 Å². The maximum Gasteiger partial charge on any atom is 0.316 e. The Morgan fingerprint density at radius 2 is 2.12 bits per heavy atom. The van der Waals surface area contributed by atoms with Crippen LogP contribution in [0.1, 0.15) is 12.0 Å². The zero-order valence-electron chi connectivity index (χ0n) is 9.56. The van der Waals surface area contributed by atoms with Gasteiger partial charge in [0.1, 0.15) is 0 Å². The number of aromatic amines is 1. The van der Waals surface area contributed by atoms with Crippen LogP contribution in [-0.4, -0.2) is 21.3 Å². The predicted octanol–water partition coefficient (Wildman–Crippen LogP) is 0.381. The van der Waals surface area contributed by atoms with E-state index >= 15 is 0 Å². The lowest BCUT2D eigenvalue weighted by molar-refractivity contribution is 0.280. The monoisotopic (exact) mass is 234 g/mol. The van der Waals surface area contributed by atoms with Gasteiger partial charge in [0.05, 0.1) is 11.0 Å². The molecule has 2 aromatic rings. The number of H-pyrrole nitrogens is 1. The Labute approximate surface area is 97.3 Å². The maximum absolute atomic E-state index is 11.7. The third kappa shape index (κ3) is 2.14. The highest BCUT2D eigenvalue weighted by molar-refractivity contribution is 5.75. The van der Waals surface area contributed by atoms with Crippen LogP contribution in [0.3, 0.4) is 0 Å². The fourth-order valence-corrected chi connectivity index (χ4v) is 1.83. The van der Waals surface area contributed by atoms with Gasteiger partial charge >= 0.3 is 11.1 Å². The number of aliphatic hydroxyl groups excluding tert-OH is 1. The van der Waals surface area contributed by atoms with Crippen LogP contribution in [0.15, 0.2) is 27.8 Å². The average molecular weight is 234 g/mol. The molecule has 2 N–H and O–H groups in total. The summed E-state index contributed by atoms with van der Waals surface area (Å²) in [5.41, 5.74) is 1.15. The van der Waals surface area contributed by atoms with E-state index < -0.39 is 11.1 Å². The minimum Gasteiger partial charge on any atom is -0.396 e. The van der Waals surface area contributed by atoms with Crippen molar-refractivity contribution in [2.24, 2.45) is 0 Å². The van der Waals surface area contributed by atoms with E-state index in [0.717, 1.165) is 5.56 Å². The molecule has 17 heavy (non-hydrogen) atoms. The number of aromatic nitrogens is 2. The number of aliphatic hydroxyl groups is 1. The Morgan fingerprint density at radius 1 is 1.35 bits per heavy atom. The Kier molecular flexibility index (Phi) is 3.10. The molecule has 0 amide bonds. The van der Waals surface area contributed by atoms with Crippen molar-refractivity contribution in [2.75, 3.05) is 6.61 Å². The molecule has 5 heteroatoms. The van der Waals surface area contributed by atoms with Crippen molar-refractivity contribution in [3.8, 4) is 0 Å². The molecule has 0 fully saturated rings. The predicted molar refractivity (Wildman–Crippen MR) is 65.3 cm³/mol. The summed E-state index contributed by atoms with van der Waals surface area (Å²) >= 11 is 0. The summed E-state index contributed by atoms with van der Waals surface area (Å²) in [5, 5.41) is 8.81. The number of benzene rings is 1. The molecule has 0 unspecified atom stereocenters. The van der Waals surface area contributed by atoms with E-state index in [-0.39, 0.29) is 6.61 Å². The van der Waals surface area contributed by atoms with Gasteiger partial charge in [-0.25, -0.2) is 0 Å². The van der Waals surface area contributed by atoms with E-state index in [9.17, 15) is 9.59 Å². The molecule has 0 aliphatic heterocycles. The summed E-state index contributed by atoms with van der Waals surface area (Å²) in [6.07, 6.45) is 0.451. The summed E-state index contributed by atoms with van der Waals surface area (Å²) in [4.78, 5) is 25.7. The van der Waals surface area contributed by atoms with Gasteiger partial charge in [0.15, 0.2) is 0 Å². The third-order valence-corrected chi connectivity index (χ3v) is 2.67. The average Bonchev–Trinajstić information content (AvgIpc) is 2.31. The normalized spacial score (nSPS) is 10.9. The van der Waals surface area contributed by atoms with Gasteiger partial charge in [0, 0.05) is 13.2 Å². The molecule has 1 aromatic heterocycles. The number of nitrogens with zero attached hydrogens (tertiary/aromatic N) is 1. The molecule has 90 valence electrons. The maximum atomic E-state index is 11.7. The molecule has 0 saturated carbocycles. The summed E-state index contributed by atoms with van der Waals surface area (Å²) < 4.78 is 1.41. The molecule has 0 radical (unpaired) electrons. The minimum absolute atomic E-state index is 0.00739. The highest BCUT2D eigenvalue weighted by Crippen LogP contribution is 2.10. The van der Waals surface area contributed by atoms with Gasteiger partial charge in [-0.2, -0.15) is 0 Å². The molecular formula is C12H14N2O3. The number of rotatable bonds is 3. The van der Waals surface area contributed by atoms with Crippen molar-refractivity contribution in [3.05, 3.63) is 44.5 Å². The van der Waals surface area contributed by atoms with E-state index in [1.54, 1.807) is 6.07 Å². The molecule has 0 aliphatic carbocycles. The van der Waals surface area contributed by atoms with Crippen LogP contribution in [0.4, 0.5) is 0 Å². The van der Waals surface area contributed by atoms with Crippen LogP contribution in [-0.2, 0) is 6.54 Å². The zero-order chi connectivity index (χ0) is 12.4. The van der Waals surface area contributed by atoms with E-state index in [2.05, 4.69) is 4.98 Å². The number of hydrogen-bond donors (Lipinski definition) is 2. The molecule has 0 saturated heterocycles. The van der Waals surface area contributed by atoms with Crippen molar-refractivity contribution >= 4 is 11.0 Å². The number of hydrogen-bond acceptors (Lipinski definition) is 3. The third-order valence-electron chi connectivity index (χ3n) is 2.67. The lowest BCUT2D eigenvalue weighted by Crippen LogP contribution is -2.36. The number of aryl methyl sites for hydroxylation is 2. The molecule has 2 rings (SSSR count). The van der Waals surface area contributed by atoms with Gasteiger partial charge in [-0.1, -0.05) is 6.07 Å². The number of nitrogens with one attached hydrogen (secondary N) is 1. The molecule has 0 bridgehead atoms. The zero-order valence-corrected chi connectivity index (χ0v) is 9.56. The summed E-state index contributed by atoms with van der Waals surface area (Å²) in [6, 6.07) is 5.50. The Hall–Kier alpha value is -1.88. The van der Waals surface area contributed by atoms with E-state index in [1.165, 1.54) is 4.57 Å². The van der Waals surface area contributed by atoms with Gasteiger partial charge in [0.25, 0.3) is 0 Å². The van der Waals surface area contributed by atoms with Crippen molar-refractivity contribution in [2.45, 2.75) is 19.9 Å². The van der Waals surface area contributed by atoms with Crippen LogP contribution >= 0.6 is 0 Å². The summed E-state index contributed by atoms with van der Waals surface area (Å²) in [6.45, 7) is 2.26. The van der Waals surface area contributed by atoms with Crippen molar-refractivity contribution in [1.82, 2.24) is 9.55 Å². The molecular weight excluding hydrogens is 220 g/mol. The lowest BCUT2D eigenvalue weighted by Gasteiger charge is -2.09. The van der Waals surface area contributed by atoms with E-state index in [1.807, 2.05) is 19.1 Å². The highest BCUT2D eigenvalue weighted by Gasteiger charge is 2.07. The first kappa shape index (κ1) is 11.6. The Bertz CT molecular complexity index is 655. The first-order valence-electron chi connectivity index (χ1n) is 5.48. The molecule has 5 nitrogen and oxygen atoms in total. The second kappa shape index (κ2) is 4.55. The van der Waals surface area contributed by atoms with Crippen molar-refractivity contribution < 1.29 is 5.11 Å². The first-order chi connectivity index (χ1) is 8.13. The number of fused-ring (bicyclic) bond motifs is 1. The molecule has 0 atom stereocenters.